The predicted octanol–water partition coefficient (Wildman–Crippen LogP) is 3.50. The molecule has 2 aromatic heterocycles. The molecule has 0 radical (unpaired) electrons. The van der Waals surface area contributed by atoms with Gasteiger partial charge in [-0.25, -0.2) is 19.4 Å². The van der Waals surface area contributed by atoms with Gasteiger partial charge in [-0.15, -0.1) is 0 Å². The number of rotatable bonds is 7. The molecule has 0 atom stereocenters. The predicted molar refractivity (Wildman–Crippen MR) is 101 cm³/mol. The number of aromatic nitrogens is 4. The van der Waals surface area contributed by atoms with Crippen LogP contribution in [-0.4, -0.2) is 37.4 Å². The second-order valence-corrected chi connectivity index (χ2v) is 6.18. The molecule has 1 aromatic carbocycles. The Morgan fingerprint density at radius 3 is 2.54 bits per heavy atom. The van der Waals surface area contributed by atoms with Crippen LogP contribution in [-0.2, 0) is 13.5 Å². The molecule has 0 amide bonds. The summed E-state index contributed by atoms with van der Waals surface area (Å²) in [7, 11) is 1.88. The molecule has 2 heterocycles. The largest absolute Gasteiger partial charge is 0.478 e. The Labute approximate surface area is 152 Å². The maximum Gasteiger partial charge on any atom is 0.335 e. The highest BCUT2D eigenvalue weighted by atomic mass is 16.4. The third-order valence-electron chi connectivity index (χ3n) is 4.30. The van der Waals surface area contributed by atoms with Crippen molar-refractivity contribution in [2.45, 2.75) is 33.1 Å². The molecule has 0 unspecified atom stereocenters. The van der Waals surface area contributed by atoms with Gasteiger partial charge in [0.2, 0.25) is 0 Å². The zero-order chi connectivity index (χ0) is 18.7. The van der Waals surface area contributed by atoms with E-state index in [2.05, 4.69) is 29.2 Å². The van der Waals surface area contributed by atoms with Crippen LogP contribution in [0.4, 0.5) is 5.82 Å². The van der Waals surface area contributed by atoms with Gasteiger partial charge in [-0.3, -0.25) is 0 Å². The van der Waals surface area contributed by atoms with Crippen molar-refractivity contribution in [3.05, 3.63) is 35.5 Å². The monoisotopic (exact) mass is 353 g/mol. The highest BCUT2D eigenvalue weighted by molar-refractivity contribution is 5.91. The quantitative estimate of drug-likeness (QED) is 0.632. The number of nitrogens with zero attached hydrogens (tertiary/aromatic N) is 4. The summed E-state index contributed by atoms with van der Waals surface area (Å²) in [5, 5.41) is 18.0. The third-order valence-corrected chi connectivity index (χ3v) is 4.30. The molecule has 0 saturated heterocycles. The minimum atomic E-state index is -0.950. The molecule has 0 aliphatic heterocycles. The van der Waals surface area contributed by atoms with Crippen LogP contribution >= 0.6 is 0 Å². The van der Waals surface area contributed by atoms with E-state index in [1.165, 1.54) is 0 Å². The summed E-state index contributed by atoms with van der Waals surface area (Å²) in [6.45, 7) is 5.04. The molecule has 3 rings (SSSR count). The Hall–Kier alpha value is -2.96. The van der Waals surface area contributed by atoms with Crippen LogP contribution in [0.15, 0.2) is 24.3 Å². The smallest absolute Gasteiger partial charge is 0.335 e. The van der Waals surface area contributed by atoms with Crippen molar-refractivity contribution in [1.29, 1.82) is 0 Å². The molecular weight excluding hydrogens is 330 g/mol. The highest BCUT2D eigenvalue weighted by Gasteiger charge is 2.17. The first-order valence-electron chi connectivity index (χ1n) is 8.86. The number of hydrogen-bond acceptors (Lipinski definition) is 5. The van der Waals surface area contributed by atoms with Gasteiger partial charge in [-0.2, -0.15) is 5.10 Å². The summed E-state index contributed by atoms with van der Waals surface area (Å²) < 4.78 is 1.77. The summed E-state index contributed by atoms with van der Waals surface area (Å²) in [6, 6.07) is 6.60. The summed E-state index contributed by atoms with van der Waals surface area (Å²) in [6.07, 6.45) is 2.95. The van der Waals surface area contributed by atoms with Gasteiger partial charge < -0.3 is 10.4 Å². The van der Waals surface area contributed by atoms with Gasteiger partial charge in [0.25, 0.3) is 0 Å². The lowest BCUT2D eigenvalue weighted by atomic mass is 10.1. The first-order chi connectivity index (χ1) is 12.5. The van der Waals surface area contributed by atoms with Crippen LogP contribution in [0, 0.1) is 0 Å². The Balaban J connectivity index is 2.11. The number of unbranched alkanes of at least 4 members (excludes halogenated alkanes) is 1. The van der Waals surface area contributed by atoms with Gasteiger partial charge in [-0.1, -0.05) is 32.4 Å². The minimum Gasteiger partial charge on any atom is -0.478 e. The number of fused-ring (bicyclic) bond motifs is 1. The van der Waals surface area contributed by atoms with Gasteiger partial charge in [0, 0.05) is 19.2 Å². The van der Waals surface area contributed by atoms with E-state index in [0.717, 1.165) is 53.9 Å². The van der Waals surface area contributed by atoms with E-state index in [0.29, 0.717) is 5.82 Å². The van der Waals surface area contributed by atoms with E-state index < -0.39 is 5.97 Å². The zero-order valence-corrected chi connectivity index (χ0v) is 15.3. The molecule has 0 aliphatic rings. The molecule has 7 nitrogen and oxygen atoms in total. The fourth-order valence-corrected chi connectivity index (χ4v) is 2.88. The van der Waals surface area contributed by atoms with E-state index >= 15 is 0 Å². The summed E-state index contributed by atoms with van der Waals surface area (Å²) in [5.74, 6) is 0.388. The maximum absolute atomic E-state index is 11.1. The number of carboxylic acids is 1. The lowest BCUT2D eigenvalue weighted by Gasteiger charge is -2.10. The Morgan fingerprint density at radius 1 is 1.19 bits per heavy atom. The standard InChI is InChI=1S/C19H23N5O2/c1-4-6-11-20-17-15-14(5-2)23-24(3)18(15)22-16(21-17)12-7-9-13(10-8-12)19(25)26/h7-10H,4-6,11H2,1-3H3,(H,25,26)(H,20,21,22). The van der Waals surface area contributed by atoms with Crippen LogP contribution in [0.5, 0.6) is 0 Å². The van der Waals surface area contributed by atoms with Crippen LogP contribution in [0.2, 0.25) is 0 Å². The fourth-order valence-electron chi connectivity index (χ4n) is 2.88. The number of nitrogens with one attached hydrogen (secondary N) is 1. The second-order valence-electron chi connectivity index (χ2n) is 6.18. The van der Waals surface area contributed by atoms with Crippen LogP contribution < -0.4 is 5.32 Å². The molecule has 7 heteroatoms. The summed E-state index contributed by atoms with van der Waals surface area (Å²) in [5.41, 5.74) is 2.75. The van der Waals surface area contributed by atoms with Crippen molar-refractivity contribution in [2.24, 2.45) is 7.05 Å². The summed E-state index contributed by atoms with van der Waals surface area (Å²) >= 11 is 0. The molecule has 0 aliphatic carbocycles. The van der Waals surface area contributed by atoms with E-state index in [4.69, 9.17) is 10.1 Å². The first-order valence-corrected chi connectivity index (χ1v) is 8.86. The second kappa shape index (κ2) is 7.51. The highest BCUT2D eigenvalue weighted by Crippen LogP contribution is 2.28. The average molecular weight is 353 g/mol. The molecule has 0 spiro atoms. The molecule has 0 fully saturated rings. The van der Waals surface area contributed by atoms with E-state index in [-0.39, 0.29) is 5.56 Å². The van der Waals surface area contributed by atoms with Crippen molar-refractivity contribution in [3.63, 3.8) is 0 Å². The Morgan fingerprint density at radius 2 is 1.92 bits per heavy atom. The number of hydrogen-bond donors (Lipinski definition) is 2. The number of carboxylic acid groups (broad SMARTS) is 1. The third kappa shape index (κ3) is 3.37. The van der Waals surface area contributed by atoms with Crippen LogP contribution in [0.1, 0.15) is 42.7 Å². The molecular formula is C19H23N5O2. The average Bonchev–Trinajstić information content (AvgIpc) is 2.98. The van der Waals surface area contributed by atoms with Gasteiger partial charge in [0.1, 0.15) is 5.82 Å². The van der Waals surface area contributed by atoms with Crippen molar-refractivity contribution < 1.29 is 9.90 Å². The maximum atomic E-state index is 11.1. The normalized spacial score (nSPS) is 11.0. The van der Waals surface area contributed by atoms with Gasteiger partial charge >= 0.3 is 5.97 Å². The molecule has 136 valence electrons. The van der Waals surface area contributed by atoms with Crippen molar-refractivity contribution in [2.75, 3.05) is 11.9 Å². The number of aryl methyl sites for hydroxylation is 2. The fraction of sp³-hybridized carbons (Fsp3) is 0.368. The summed E-state index contributed by atoms with van der Waals surface area (Å²) in [4.78, 5) is 20.4. The van der Waals surface area contributed by atoms with E-state index in [1.807, 2.05) is 7.05 Å². The van der Waals surface area contributed by atoms with Gasteiger partial charge in [-0.05, 0) is 25.0 Å². The first kappa shape index (κ1) is 17.8. The number of aromatic carboxylic acids is 1. The Bertz CT molecular complexity index is 931. The Kier molecular flexibility index (Phi) is 5.16. The van der Waals surface area contributed by atoms with Gasteiger partial charge in [0.15, 0.2) is 11.5 Å². The molecule has 2 N–H and O–H groups in total. The molecule has 26 heavy (non-hydrogen) atoms. The van der Waals surface area contributed by atoms with E-state index in [1.54, 1.807) is 28.9 Å². The number of anilines is 1. The topological polar surface area (TPSA) is 92.9 Å². The van der Waals surface area contributed by atoms with Crippen LogP contribution in [0.25, 0.3) is 22.4 Å². The molecule has 3 aromatic rings. The van der Waals surface area contributed by atoms with Crippen molar-refractivity contribution in [3.8, 4) is 11.4 Å². The zero-order valence-electron chi connectivity index (χ0n) is 15.3. The lowest BCUT2D eigenvalue weighted by molar-refractivity contribution is 0.0697. The molecule has 0 saturated carbocycles. The lowest BCUT2D eigenvalue weighted by Crippen LogP contribution is -2.06. The SMILES string of the molecule is CCCCNc1nc(-c2ccc(C(=O)O)cc2)nc2c1c(CC)nn2C. The minimum absolute atomic E-state index is 0.241. The van der Waals surface area contributed by atoms with Gasteiger partial charge in [0.05, 0.1) is 16.6 Å². The van der Waals surface area contributed by atoms with Crippen molar-refractivity contribution >= 4 is 22.8 Å². The molecule has 0 bridgehead atoms. The van der Waals surface area contributed by atoms with E-state index in [9.17, 15) is 4.79 Å². The number of benzene rings is 1. The van der Waals surface area contributed by atoms with Crippen LogP contribution in [0.3, 0.4) is 0 Å². The number of carbonyl (C=O) groups is 1. The van der Waals surface area contributed by atoms with Crippen molar-refractivity contribution in [1.82, 2.24) is 19.7 Å².